The molecule has 1 aromatic rings. The number of Topliss-reactive ketones (excluding diaryl/α,β-unsaturated/α-hetero) is 1. The van der Waals surface area contributed by atoms with Gasteiger partial charge in [0.2, 0.25) is 0 Å². The molecule has 0 aliphatic heterocycles. The van der Waals surface area contributed by atoms with E-state index in [9.17, 15) is 4.79 Å². The van der Waals surface area contributed by atoms with Gasteiger partial charge in [-0.15, -0.1) is 0 Å². The first kappa shape index (κ1) is 11.7. The van der Waals surface area contributed by atoms with E-state index in [0.717, 1.165) is 23.3 Å². The quantitative estimate of drug-likeness (QED) is 0.750. The van der Waals surface area contributed by atoms with E-state index in [-0.39, 0.29) is 5.78 Å². The molecule has 0 bridgehead atoms. The van der Waals surface area contributed by atoms with E-state index < -0.39 is 0 Å². The van der Waals surface area contributed by atoms with E-state index in [1.165, 1.54) is 0 Å². The molecule has 3 heteroatoms. The zero-order chi connectivity index (χ0) is 11.3. The zero-order valence-corrected chi connectivity index (χ0v) is 9.25. The standard InChI is InChI=1S/C12H17NO2/c1-9-8-10(5-6-12(9)15-2)11(14)4-3-7-13/h5-6,8H,3-4,7,13H2,1-2H3. The first-order valence-corrected chi connectivity index (χ1v) is 5.07. The molecule has 0 aromatic heterocycles. The highest BCUT2D eigenvalue weighted by molar-refractivity contribution is 5.96. The average Bonchev–Trinajstić information content (AvgIpc) is 2.25. The van der Waals surface area contributed by atoms with Crippen LogP contribution in [0.2, 0.25) is 0 Å². The average molecular weight is 207 g/mol. The molecule has 0 saturated heterocycles. The summed E-state index contributed by atoms with van der Waals surface area (Å²) >= 11 is 0. The van der Waals surface area contributed by atoms with E-state index in [1.54, 1.807) is 13.2 Å². The molecule has 0 amide bonds. The maximum atomic E-state index is 11.7. The fraction of sp³-hybridized carbons (Fsp3) is 0.417. The van der Waals surface area contributed by atoms with Crippen molar-refractivity contribution >= 4 is 5.78 Å². The molecule has 0 radical (unpaired) electrons. The Morgan fingerprint density at radius 2 is 2.20 bits per heavy atom. The number of hydrogen-bond donors (Lipinski definition) is 1. The van der Waals surface area contributed by atoms with Crippen LogP contribution in [0.1, 0.15) is 28.8 Å². The topological polar surface area (TPSA) is 52.3 Å². The summed E-state index contributed by atoms with van der Waals surface area (Å²) in [5, 5.41) is 0. The zero-order valence-electron chi connectivity index (χ0n) is 9.25. The van der Waals surface area contributed by atoms with Crippen molar-refractivity contribution in [3.05, 3.63) is 29.3 Å². The van der Waals surface area contributed by atoms with Crippen molar-refractivity contribution < 1.29 is 9.53 Å². The van der Waals surface area contributed by atoms with Crippen LogP contribution < -0.4 is 10.5 Å². The molecule has 0 unspecified atom stereocenters. The summed E-state index contributed by atoms with van der Waals surface area (Å²) in [5.74, 6) is 0.955. The normalized spacial score (nSPS) is 10.1. The van der Waals surface area contributed by atoms with Crippen LogP contribution in [0.4, 0.5) is 0 Å². The fourth-order valence-corrected chi connectivity index (χ4v) is 1.46. The molecule has 0 saturated carbocycles. The second kappa shape index (κ2) is 5.51. The van der Waals surface area contributed by atoms with Gasteiger partial charge in [0.15, 0.2) is 5.78 Å². The molecule has 3 nitrogen and oxygen atoms in total. The first-order chi connectivity index (χ1) is 7.19. The molecule has 1 aromatic carbocycles. The predicted molar refractivity (Wildman–Crippen MR) is 60.3 cm³/mol. The van der Waals surface area contributed by atoms with E-state index in [1.807, 2.05) is 19.1 Å². The van der Waals surface area contributed by atoms with Gasteiger partial charge in [-0.2, -0.15) is 0 Å². The largest absolute Gasteiger partial charge is 0.496 e. The fourth-order valence-electron chi connectivity index (χ4n) is 1.46. The van der Waals surface area contributed by atoms with Gasteiger partial charge in [0.1, 0.15) is 5.75 Å². The van der Waals surface area contributed by atoms with Crippen molar-refractivity contribution in [1.82, 2.24) is 0 Å². The summed E-state index contributed by atoms with van der Waals surface area (Å²) in [6, 6.07) is 5.48. The Kier molecular flexibility index (Phi) is 4.31. The van der Waals surface area contributed by atoms with Gasteiger partial charge in [-0.25, -0.2) is 0 Å². The summed E-state index contributed by atoms with van der Waals surface area (Å²) in [6.45, 7) is 2.49. The van der Waals surface area contributed by atoms with Crippen LogP contribution in [0.3, 0.4) is 0 Å². The number of rotatable bonds is 5. The number of ether oxygens (including phenoxy) is 1. The minimum absolute atomic E-state index is 0.145. The smallest absolute Gasteiger partial charge is 0.162 e. The molecule has 82 valence electrons. The molecule has 0 spiro atoms. The van der Waals surface area contributed by atoms with E-state index in [4.69, 9.17) is 10.5 Å². The summed E-state index contributed by atoms with van der Waals surface area (Å²) in [5.41, 5.74) is 7.08. The molecular weight excluding hydrogens is 190 g/mol. The highest BCUT2D eigenvalue weighted by Crippen LogP contribution is 2.19. The number of methoxy groups -OCH3 is 1. The molecule has 0 aliphatic carbocycles. The van der Waals surface area contributed by atoms with Crippen LogP contribution in [0.5, 0.6) is 5.75 Å². The third-order valence-electron chi connectivity index (χ3n) is 2.32. The van der Waals surface area contributed by atoms with Crippen molar-refractivity contribution in [3.8, 4) is 5.75 Å². The Labute approximate surface area is 90.2 Å². The summed E-state index contributed by atoms with van der Waals surface area (Å²) in [7, 11) is 1.62. The van der Waals surface area contributed by atoms with Crippen LogP contribution in [0, 0.1) is 6.92 Å². The number of hydrogen-bond acceptors (Lipinski definition) is 3. The van der Waals surface area contributed by atoms with Gasteiger partial charge in [0, 0.05) is 12.0 Å². The lowest BCUT2D eigenvalue weighted by molar-refractivity contribution is 0.0980. The Morgan fingerprint density at radius 1 is 1.47 bits per heavy atom. The minimum atomic E-state index is 0.145. The second-order valence-electron chi connectivity index (χ2n) is 3.50. The third-order valence-corrected chi connectivity index (χ3v) is 2.32. The highest BCUT2D eigenvalue weighted by atomic mass is 16.5. The van der Waals surface area contributed by atoms with Crippen LogP contribution in [-0.4, -0.2) is 19.4 Å². The number of ketones is 1. The Bertz CT molecular complexity index is 347. The number of nitrogens with two attached hydrogens (primary N) is 1. The van der Waals surface area contributed by atoms with Gasteiger partial charge in [-0.1, -0.05) is 0 Å². The molecule has 0 heterocycles. The monoisotopic (exact) mass is 207 g/mol. The minimum Gasteiger partial charge on any atom is -0.496 e. The van der Waals surface area contributed by atoms with Gasteiger partial charge in [-0.3, -0.25) is 4.79 Å². The summed E-state index contributed by atoms with van der Waals surface area (Å²) in [6.07, 6.45) is 1.26. The molecule has 0 atom stereocenters. The van der Waals surface area contributed by atoms with Crippen LogP contribution in [0.25, 0.3) is 0 Å². The highest BCUT2D eigenvalue weighted by Gasteiger charge is 2.07. The van der Waals surface area contributed by atoms with Gasteiger partial charge >= 0.3 is 0 Å². The van der Waals surface area contributed by atoms with Crippen molar-refractivity contribution in [2.24, 2.45) is 5.73 Å². The molecular formula is C12H17NO2. The second-order valence-corrected chi connectivity index (χ2v) is 3.50. The Balaban J connectivity index is 2.78. The number of aryl methyl sites for hydroxylation is 1. The van der Waals surface area contributed by atoms with Gasteiger partial charge in [0.25, 0.3) is 0 Å². The van der Waals surface area contributed by atoms with Crippen molar-refractivity contribution in [3.63, 3.8) is 0 Å². The van der Waals surface area contributed by atoms with Crippen LogP contribution in [-0.2, 0) is 0 Å². The van der Waals surface area contributed by atoms with Crippen molar-refractivity contribution in [2.75, 3.05) is 13.7 Å². The molecule has 15 heavy (non-hydrogen) atoms. The molecule has 0 aliphatic rings. The predicted octanol–water partition coefficient (Wildman–Crippen LogP) is 1.93. The van der Waals surface area contributed by atoms with Gasteiger partial charge in [-0.05, 0) is 43.7 Å². The van der Waals surface area contributed by atoms with Gasteiger partial charge < -0.3 is 10.5 Å². The van der Waals surface area contributed by atoms with Crippen LogP contribution in [0.15, 0.2) is 18.2 Å². The summed E-state index contributed by atoms with van der Waals surface area (Å²) < 4.78 is 5.13. The Morgan fingerprint density at radius 3 is 2.73 bits per heavy atom. The number of benzene rings is 1. The van der Waals surface area contributed by atoms with Gasteiger partial charge in [0.05, 0.1) is 7.11 Å². The number of carbonyl (C=O) groups excluding carboxylic acids is 1. The lowest BCUT2D eigenvalue weighted by Gasteiger charge is -2.06. The lowest BCUT2D eigenvalue weighted by Crippen LogP contribution is -2.05. The van der Waals surface area contributed by atoms with E-state index >= 15 is 0 Å². The van der Waals surface area contributed by atoms with Crippen LogP contribution >= 0.6 is 0 Å². The lowest BCUT2D eigenvalue weighted by atomic mass is 10.0. The Hall–Kier alpha value is -1.35. The molecule has 2 N–H and O–H groups in total. The maximum absolute atomic E-state index is 11.7. The molecule has 0 fully saturated rings. The molecule has 1 rings (SSSR count). The summed E-state index contributed by atoms with van der Waals surface area (Å²) in [4.78, 5) is 11.7. The first-order valence-electron chi connectivity index (χ1n) is 5.07. The SMILES string of the molecule is COc1ccc(C(=O)CCCN)cc1C. The van der Waals surface area contributed by atoms with E-state index in [2.05, 4.69) is 0 Å². The van der Waals surface area contributed by atoms with Crippen molar-refractivity contribution in [1.29, 1.82) is 0 Å². The van der Waals surface area contributed by atoms with Crippen molar-refractivity contribution in [2.45, 2.75) is 19.8 Å². The van der Waals surface area contributed by atoms with E-state index in [0.29, 0.717) is 13.0 Å². The maximum Gasteiger partial charge on any atom is 0.162 e. The number of carbonyl (C=O) groups is 1. The third kappa shape index (κ3) is 3.06.